The van der Waals surface area contributed by atoms with Gasteiger partial charge in [0, 0.05) is 34.8 Å². The third-order valence-corrected chi connectivity index (χ3v) is 7.50. The van der Waals surface area contributed by atoms with Crippen LogP contribution in [-0.4, -0.2) is 33.9 Å². The number of fused-ring (bicyclic) bond motifs is 1. The van der Waals surface area contributed by atoms with E-state index >= 15 is 0 Å². The molecule has 184 valence electrons. The van der Waals surface area contributed by atoms with E-state index in [9.17, 15) is 9.59 Å². The summed E-state index contributed by atoms with van der Waals surface area (Å²) in [6, 6.07) is 13.8. The zero-order valence-electron chi connectivity index (χ0n) is 20.2. The summed E-state index contributed by atoms with van der Waals surface area (Å²) in [4.78, 5) is 33.5. The largest absolute Gasteiger partial charge is 0.349 e. The Bertz CT molecular complexity index is 1170. The molecule has 7 heteroatoms. The summed E-state index contributed by atoms with van der Waals surface area (Å²) in [5.74, 6) is 0.825. The molecule has 5 rings (SSSR count). The van der Waals surface area contributed by atoms with Crippen molar-refractivity contribution in [1.29, 1.82) is 0 Å². The number of aromatic amines is 1. The number of imidazole rings is 1. The van der Waals surface area contributed by atoms with E-state index in [4.69, 9.17) is 10.7 Å². The van der Waals surface area contributed by atoms with Crippen LogP contribution in [0.15, 0.2) is 42.5 Å². The Labute approximate surface area is 206 Å². The van der Waals surface area contributed by atoms with Gasteiger partial charge in [-0.15, -0.1) is 0 Å². The molecule has 2 aliphatic rings. The van der Waals surface area contributed by atoms with E-state index in [0.717, 1.165) is 66.6 Å². The van der Waals surface area contributed by atoms with E-state index < -0.39 is 0 Å². The van der Waals surface area contributed by atoms with E-state index in [0.29, 0.717) is 5.56 Å². The molecule has 2 fully saturated rings. The fourth-order valence-electron chi connectivity index (χ4n) is 5.31. The first-order chi connectivity index (χ1) is 17.0. The molecule has 5 N–H and O–H groups in total. The number of H-pyrrole nitrogens is 1. The van der Waals surface area contributed by atoms with Crippen molar-refractivity contribution < 1.29 is 9.59 Å². The smallest absolute Gasteiger partial charge is 0.251 e. The lowest BCUT2D eigenvalue weighted by molar-refractivity contribution is -0.120. The van der Waals surface area contributed by atoms with Gasteiger partial charge in [-0.2, -0.15) is 0 Å². The maximum absolute atomic E-state index is 12.8. The number of nitrogens with zero attached hydrogens (tertiary/aromatic N) is 1. The predicted octanol–water partition coefficient (Wildman–Crippen LogP) is 5.14. The molecular formula is C28H35N5O2. The first kappa shape index (κ1) is 23.5. The van der Waals surface area contributed by atoms with Gasteiger partial charge in [0.2, 0.25) is 5.91 Å². The van der Waals surface area contributed by atoms with Crippen LogP contribution in [0, 0.1) is 5.92 Å². The number of aromatic nitrogens is 2. The van der Waals surface area contributed by atoms with Crippen LogP contribution in [0.5, 0.6) is 0 Å². The average molecular weight is 474 g/mol. The second kappa shape index (κ2) is 10.6. The Morgan fingerprint density at radius 3 is 2.31 bits per heavy atom. The predicted molar refractivity (Wildman–Crippen MR) is 139 cm³/mol. The fourth-order valence-corrected chi connectivity index (χ4v) is 5.31. The van der Waals surface area contributed by atoms with E-state index in [1.807, 2.05) is 42.5 Å². The van der Waals surface area contributed by atoms with Gasteiger partial charge in [-0.05, 0) is 81.0 Å². The molecule has 0 bridgehead atoms. The lowest BCUT2D eigenvalue weighted by Crippen LogP contribution is -2.34. The van der Waals surface area contributed by atoms with E-state index in [-0.39, 0.29) is 29.8 Å². The van der Waals surface area contributed by atoms with Crippen LogP contribution in [0.2, 0.25) is 0 Å². The topological polar surface area (TPSA) is 113 Å². The van der Waals surface area contributed by atoms with E-state index in [1.54, 1.807) is 0 Å². The minimum absolute atomic E-state index is 0.0246. The lowest BCUT2D eigenvalue weighted by atomic mass is 9.86. The van der Waals surface area contributed by atoms with E-state index in [1.165, 1.54) is 25.7 Å². The van der Waals surface area contributed by atoms with Crippen LogP contribution in [0.3, 0.4) is 0 Å². The molecule has 0 saturated heterocycles. The lowest BCUT2D eigenvalue weighted by Gasteiger charge is -2.25. The van der Waals surface area contributed by atoms with Crippen molar-refractivity contribution in [2.24, 2.45) is 11.7 Å². The minimum Gasteiger partial charge on any atom is -0.349 e. The Kier molecular flexibility index (Phi) is 7.13. The number of amides is 2. The molecule has 2 saturated carbocycles. The highest BCUT2D eigenvalue weighted by Crippen LogP contribution is 2.26. The number of hydrogen-bond acceptors (Lipinski definition) is 4. The number of carbonyl (C=O) groups excluding carboxylic acids is 2. The number of benzene rings is 2. The molecule has 1 aromatic heterocycles. The quantitative estimate of drug-likeness (QED) is 0.384. The standard InChI is InChI=1S/C28H35N5O2/c29-21-12-7-19(8-13-21)27(34)31-23-14-9-18(10-15-23)26-32-24-16-11-20(17-25(24)33-26)28(35)30-22-5-3-1-2-4-6-22/h9-11,14-17,19,21-22H,1-8,12-13,29H2,(H,30,35)(H,31,34)(H,32,33). The van der Waals surface area contributed by atoms with Gasteiger partial charge in [0.05, 0.1) is 11.0 Å². The van der Waals surface area contributed by atoms with Crippen molar-refractivity contribution in [3.63, 3.8) is 0 Å². The number of hydrogen-bond donors (Lipinski definition) is 4. The van der Waals surface area contributed by atoms with Gasteiger partial charge in [0.15, 0.2) is 0 Å². The zero-order valence-corrected chi connectivity index (χ0v) is 20.2. The van der Waals surface area contributed by atoms with Gasteiger partial charge in [-0.25, -0.2) is 4.98 Å². The molecule has 2 aromatic carbocycles. The summed E-state index contributed by atoms with van der Waals surface area (Å²) < 4.78 is 0. The van der Waals surface area contributed by atoms with Crippen LogP contribution in [0.1, 0.15) is 74.6 Å². The van der Waals surface area contributed by atoms with Crippen molar-refractivity contribution >= 4 is 28.5 Å². The van der Waals surface area contributed by atoms with Gasteiger partial charge < -0.3 is 21.4 Å². The highest BCUT2D eigenvalue weighted by atomic mass is 16.2. The molecule has 35 heavy (non-hydrogen) atoms. The van der Waals surface area contributed by atoms with Crippen molar-refractivity contribution in [2.45, 2.75) is 76.3 Å². The first-order valence-corrected chi connectivity index (χ1v) is 13.0. The highest BCUT2D eigenvalue weighted by Gasteiger charge is 2.24. The number of nitrogens with two attached hydrogens (primary N) is 1. The van der Waals surface area contributed by atoms with Crippen LogP contribution in [-0.2, 0) is 4.79 Å². The Hall–Kier alpha value is -3.19. The van der Waals surface area contributed by atoms with Crippen LogP contribution < -0.4 is 16.4 Å². The Balaban J connectivity index is 1.24. The minimum atomic E-state index is -0.0246. The first-order valence-electron chi connectivity index (χ1n) is 13.0. The van der Waals surface area contributed by atoms with Gasteiger partial charge >= 0.3 is 0 Å². The molecule has 0 spiro atoms. The highest BCUT2D eigenvalue weighted by molar-refractivity contribution is 5.98. The second-order valence-electron chi connectivity index (χ2n) is 10.2. The molecule has 0 atom stereocenters. The Morgan fingerprint density at radius 2 is 1.60 bits per heavy atom. The third kappa shape index (κ3) is 5.73. The summed E-state index contributed by atoms with van der Waals surface area (Å²) in [7, 11) is 0. The van der Waals surface area contributed by atoms with Crippen molar-refractivity contribution in [3.8, 4) is 11.4 Å². The maximum atomic E-state index is 12.8. The molecule has 1 heterocycles. The summed E-state index contributed by atoms with van der Waals surface area (Å²) >= 11 is 0. The zero-order chi connectivity index (χ0) is 24.2. The molecule has 2 aliphatic carbocycles. The molecule has 0 aliphatic heterocycles. The van der Waals surface area contributed by atoms with Gasteiger partial charge in [-0.1, -0.05) is 25.7 Å². The third-order valence-electron chi connectivity index (χ3n) is 7.50. The average Bonchev–Trinajstić information content (AvgIpc) is 3.13. The summed E-state index contributed by atoms with van der Waals surface area (Å²) in [5.41, 5.74) is 9.95. The van der Waals surface area contributed by atoms with Crippen LogP contribution in [0.4, 0.5) is 5.69 Å². The number of nitrogens with one attached hydrogen (secondary N) is 3. The van der Waals surface area contributed by atoms with Gasteiger partial charge in [0.25, 0.3) is 5.91 Å². The summed E-state index contributed by atoms with van der Waals surface area (Å²) in [6.07, 6.45) is 10.5. The summed E-state index contributed by atoms with van der Waals surface area (Å²) in [6.45, 7) is 0. The number of rotatable bonds is 5. The molecule has 3 aromatic rings. The normalized spacial score (nSPS) is 21.4. The number of carbonyl (C=O) groups is 2. The number of anilines is 1. The molecule has 2 amide bonds. The van der Waals surface area contributed by atoms with Crippen LogP contribution in [0.25, 0.3) is 22.4 Å². The second-order valence-corrected chi connectivity index (χ2v) is 10.2. The van der Waals surface area contributed by atoms with E-state index in [2.05, 4.69) is 15.6 Å². The van der Waals surface area contributed by atoms with Crippen LogP contribution >= 0.6 is 0 Å². The van der Waals surface area contributed by atoms with Crippen molar-refractivity contribution in [1.82, 2.24) is 15.3 Å². The molecular weight excluding hydrogens is 438 g/mol. The molecule has 7 nitrogen and oxygen atoms in total. The molecule has 0 radical (unpaired) electrons. The SMILES string of the molecule is NC1CCC(C(=O)Nc2ccc(-c3nc4cc(C(=O)NC5CCCCCC5)ccc4[nH]3)cc2)CC1. The molecule has 0 unspecified atom stereocenters. The maximum Gasteiger partial charge on any atom is 0.251 e. The van der Waals surface area contributed by atoms with Gasteiger partial charge in [-0.3, -0.25) is 9.59 Å². The van der Waals surface area contributed by atoms with Crippen molar-refractivity contribution in [2.75, 3.05) is 5.32 Å². The summed E-state index contributed by atoms with van der Waals surface area (Å²) in [5, 5.41) is 6.24. The Morgan fingerprint density at radius 1 is 0.886 bits per heavy atom. The fraction of sp³-hybridized carbons (Fsp3) is 0.464. The van der Waals surface area contributed by atoms with Gasteiger partial charge in [0.1, 0.15) is 5.82 Å². The van der Waals surface area contributed by atoms with Crippen molar-refractivity contribution in [3.05, 3.63) is 48.0 Å². The monoisotopic (exact) mass is 473 g/mol.